The second-order valence-corrected chi connectivity index (χ2v) is 4.28. The summed E-state index contributed by atoms with van der Waals surface area (Å²) < 4.78 is 5.93. The number of anilines is 1. The smallest absolute Gasteiger partial charge is 0.146 e. The van der Waals surface area contributed by atoms with E-state index in [9.17, 15) is 5.11 Å². The average molecular weight is 283 g/mol. The van der Waals surface area contributed by atoms with E-state index in [4.69, 9.17) is 10.2 Å². The number of nitrogens with two attached hydrogens (primary N) is 1. The van der Waals surface area contributed by atoms with Crippen LogP contribution in [0, 0.1) is 0 Å². The van der Waals surface area contributed by atoms with Gasteiger partial charge in [0, 0.05) is 24.5 Å². The molecular weight excluding hydrogens is 272 g/mol. The van der Waals surface area contributed by atoms with Crippen molar-refractivity contribution in [2.24, 2.45) is 0 Å². The summed E-state index contributed by atoms with van der Waals surface area (Å²) in [4.78, 5) is 3.97. The van der Waals surface area contributed by atoms with Gasteiger partial charge in [0.05, 0.1) is 10.7 Å². The minimum absolute atomic E-state index is 0.381. The van der Waals surface area contributed by atoms with Gasteiger partial charge in [-0.2, -0.15) is 0 Å². The Bertz CT molecular complexity index is 484. The van der Waals surface area contributed by atoms with Crippen molar-refractivity contribution in [1.82, 2.24) is 4.98 Å². The lowest BCUT2D eigenvalue weighted by molar-refractivity contribution is 0.149. The summed E-state index contributed by atoms with van der Waals surface area (Å²) in [7, 11) is 0. The lowest BCUT2D eigenvalue weighted by Crippen LogP contribution is -2.04. The Morgan fingerprint density at radius 3 is 2.94 bits per heavy atom. The van der Waals surface area contributed by atoms with Gasteiger partial charge in [-0.25, -0.2) is 0 Å². The van der Waals surface area contributed by atoms with Crippen LogP contribution in [-0.4, -0.2) is 10.1 Å². The van der Waals surface area contributed by atoms with Crippen LogP contribution < -0.4 is 5.73 Å². The first-order valence-electron chi connectivity index (χ1n) is 4.78. The van der Waals surface area contributed by atoms with E-state index in [1.807, 2.05) is 0 Å². The van der Waals surface area contributed by atoms with Crippen LogP contribution in [0.1, 0.15) is 17.4 Å². The predicted octanol–water partition coefficient (Wildman–Crippen LogP) is 2.30. The van der Waals surface area contributed by atoms with Crippen LogP contribution in [0.4, 0.5) is 5.69 Å². The second-order valence-electron chi connectivity index (χ2n) is 3.43. The Hall–Kier alpha value is -1.33. The molecule has 0 saturated carbocycles. The maximum Gasteiger partial charge on any atom is 0.146 e. The molecule has 0 aromatic carbocycles. The molecule has 2 heterocycles. The fraction of sp³-hybridized carbons (Fsp3) is 0.182. The molecule has 3 N–H and O–H groups in total. The van der Waals surface area contributed by atoms with E-state index in [0.29, 0.717) is 17.9 Å². The molecule has 2 aromatic rings. The molecule has 0 amide bonds. The number of aliphatic hydroxyl groups excluding tert-OH is 1. The van der Waals surface area contributed by atoms with E-state index in [1.165, 1.54) is 6.26 Å². The standard InChI is InChI=1S/C11H11BrN2O2/c12-8-2-4-16-11(8)10(15)5-7-6-14-3-1-9(7)13/h1-4,6,10,15H,5H2,(H2,13,14). The average Bonchev–Trinajstić information content (AvgIpc) is 2.68. The van der Waals surface area contributed by atoms with Crippen molar-refractivity contribution in [2.75, 3.05) is 5.73 Å². The SMILES string of the molecule is Nc1ccncc1CC(O)c1occc1Br. The third-order valence-electron chi connectivity index (χ3n) is 2.30. The van der Waals surface area contributed by atoms with Crippen LogP contribution in [-0.2, 0) is 6.42 Å². The predicted molar refractivity (Wildman–Crippen MR) is 63.7 cm³/mol. The molecule has 5 heteroatoms. The zero-order valence-electron chi connectivity index (χ0n) is 8.43. The number of pyridine rings is 1. The van der Waals surface area contributed by atoms with E-state index < -0.39 is 6.10 Å². The molecule has 0 aliphatic heterocycles. The molecule has 0 spiro atoms. The molecule has 0 bridgehead atoms. The molecule has 1 unspecified atom stereocenters. The first-order valence-corrected chi connectivity index (χ1v) is 5.57. The Morgan fingerprint density at radius 1 is 1.50 bits per heavy atom. The minimum atomic E-state index is -0.726. The first kappa shape index (κ1) is 11.2. The quantitative estimate of drug-likeness (QED) is 0.906. The van der Waals surface area contributed by atoms with Crippen LogP contribution in [0.25, 0.3) is 0 Å². The van der Waals surface area contributed by atoms with Crippen LogP contribution in [0.15, 0.2) is 39.7 Å². The zero-order chi connectivity index (χ0) is 11.5. The van der Waals surface area contributed by atoms with Crippen LogP contribution in [0.5, 0.6) is 0 Å². The van der Waals surface area contributed by atoms with Crippen LogP contribution in [0.3, 0.4) is 0 Å². The third-order valence-corrected chi connectivity index (χ3v) is 2.96. The highest BCUT2D eigenvalue weighted by molar-refractivity contribution is 9.10. The summed E-state index contributed by atoms with van der Waals surface area (Å²) >= 11 is 3.30. The zero-order valence-corrected chi connectivity index (χ0v) is 10.0. The first-order chi connectivity index (χ1) is 7.68. The maximum atomic E-state index is 9.96. The lowest BCUT2D eigenvalue weighted by atomic mass is 10.1. The molecule has 0 saturated heterocycles. The van der Waals surface area contributed by atoms with E-state index in [0.717, 1.165) is 10.0 Å². The topological polar surface area (TPSA) is 72.3 Å². The van der Waals surface area contributed by atoms with E-state index in [-0.39, 0.29) is 0 Å². The molecule has 0 aliphatic carbocycles. The summed E-state index contributed by atoms with van der Waals surface area (Å²) in [6.45, 7) is 0. The molecule has 2 aromatic heterocycles. The summed E-state index contributed by atoms with van der Waals surface area (Å²) in [5, 5.41) is 9.96. The normalized spacial score (nSPS) is 12.6. The van der Waals surface area contributed by atoms with Gasteiger partial charge >= 0.3 is 0 Å². The van der Waals surface area contributed by atoms with E-state index >= 15 is 0 Å². The molecule has 84 valence electrons. The second kappa shape index (κ2) is 4.67. The van der Waals surface area contributed by atoms with Crippen molar-refractivity contribution in [2.45, 2.75) is 12.5 Å². The molecule has 4 nitrogen and oxygen atoms in total. The Labute approximate surface area is 101 Å². The molecule has 0 radical (unpaired) electrons. The summed E-state index contributed by atoms with van der Waals surface area (Å²) in [5.74, 6) is 0.503. The van der Waals surface area contributed by atoms with Crippen molar-refractivity contribution in [3.8, 4) is 0 Å². The highest BCUT2D eigenvalue weighted by Gasteiger charge is 2.16. The summed E-state index contributed by atoms with van der Waals surface area (Å²) in [6.07, 6.45) is 4.45. The van der Waals surface area contributed by atoms with E-state index in [2.05, 4.69) is 20.9 Å². The number of furan rings is 1. The highest BCUT2D eigenvalue weighted by atomic mass is 79.9. The number of nitrogen functional groups attached to an aromatic ring is 1. The Balaban J connectivity index is 2.17. The molecular formula is C11H11BrN2O2. The summed E-state index contributed by atoms with van der Waals surface area (Å²) in [6, 6.07) is 3.45. The van der Waals surface area contributed by atoms with Gasteiger partial charge in [0.25, 0.3) is 0 Å². The lowest BCUT2D eigenvalue weighted by Gasteiger charge is -2.09. The molecule has 0 aliphatic rings. The van der Waals surface area contributed by atoms with Gasteiger partial charge in [-0.3, -0.25) is 4.98 Å². The number of aromatic nitrogens is 1. The molecule has 2 rings (SSSR count). The minimum Gasteiger partial charge on any atom is -0.465 e. The number of halogens is 1. The largest absolute Gasteiger partial charge is 0.465 e. The fourth-order valence-corrected chi connectivity index (χ4v) is 1.92. The Kier molecular flexibility index (Phi) is 3.26. The van der Waals surface area contributed by atoms with Gasteiger partial charge in [-0.05, 0) is 33.6 Å². The maximum absolute atomic E-state index is 9.96. The van der Waals surface area contributed by atoms with Gasteiger partial charge in [0.2, 0.25) is 0 Å². The number of aliphatic hydroxyl groups is 1. The number of rotatable bonds is 3. The molecule has 16 heavy (non-hydrogen) atoms. The third kappa shape index (κ3) is 2.25. The highest BCUT2D eigenvalue weighted by Crippen LogP contribution is 2.27. The van der Waals surface area contributed by atoms with Crippen molar-refractivity contribution in [3.05, 3.63) is 46.6 Å². The molecule has 1 atom stereocenters. The van der Waals surface area contributed by atoms with Crippen LogP contribution >= 0.6 is 15.9 Å². The Morgan fingerprint density at radius 2 is 2.31 bits per heavy atom. The molecule has 0 fully saturated rings. The number of hydrogen-bond acceptors (Lipinski definition) is 4. The monoisotopic (exact) mass is 282 g/mol. The van der Waals surface area contributed by atoms with E-state index in [1.54, 1.807) is 24.5 Å². The van der Waals surface area contributed by atoms with Crippen molar-refractivity contribution in [1.29, 1.82) is 0 Å². The van der Waals surface area contributed by atoms with Gasteiger partial charge < -0.3 is 15.3 Å². The fourth-order valence-electron chi connectivity index (χ4n) is 1.45. The van der Waals surface area contributed by atoms with Gasteiger partial charge in [-0.15, -0.1) is 0 Å². The summed E-state index contributed by atoms with van der Waals surface area (Å²) in [5.41, 5.74) is 7.19. The van der Waals surface area contributed by atoms with Crippen LogP contribution in [0.2, 0.25) is 0 Å². The number of hydrogen-bond donors (Lipinski definition) is 2. The number of nitrogens with zero attached hydrogens (tertiary/aromatic N) is 1. The van der Waals surface area contributed by atoms with Crippen molar-refractivity contribution >= 4 is 21.6 Å². The van der Waals surface area contributed by atoms with Gasteiger partial charge in [0.1, 0.15) is 11.9 Å². The van der Waals surface area contributed by atoms with Gasteiger partial charge in [0.15, 0.2) is 0 Å². The van der Waals surface area contributed by atoms with Crippen molar-refractivity contribution < 1.29 is 9.52 Å². The van der Waals surface area contributed by atoms with Crippen molar-refractivity contribution in [3.63, 3.8) is 0 Å². The van der Waals surface area contributed by atoms with Gasteiger partial charge in [-0.1, -0.05) is 0 Å².